The fourth-order valence-corrected chi connectivity index (χ4v) is 3.29. The van der Waals surface area contributed by atoms with Crippen molar-refractivity contribution < 1.29 is 18.7 Å². The van der Waals surface area contributed by atoms with E-state index in [1.165, 1.54) is 13.2 Å². The van der Waals surface area contributed by atoms with Crippen LogP contribution in [0.2, 0.25) is 0 Å². The first-order chi connectivity index (χ1) is 14.6. The van der Waals surface area contributed by atoms with E-state index in [0.717, 1.165) is 18.9 Å². The molecule has 1 aromatic heterocycles. The maximum Gasteiger partial charge on any atom is 0.337 e. The van der Waals surface area contributed by atoms with Crippen molar-refractivity contribution in [3.8, 4) is 0 Å². The number of nitrogens with zero attached hydrogens (tertiary/aromatic N) is 4. The Bertz CT molecular complexity index is 1130. The van der Waals surface area contributed by atoms with Gasteiger partial charge in [0.2, 0.25) is 0 Å². The van der Waals surface area contributed by atoms with Crippen molar-refractivity contribution in [3.05, 3.63) is 59.0 Å². The minimum atomic E-state index is -0.479. The third kappa shape index (κ3) is 3.99. The van der Waals surface area contributed by atoms with Gasteiger partial charge in [-0.25, -0.2) is 14.2 Å². The fourth-order valence-electron chi connectivity index (χ4n) is 3.29. The van der Waals surface area contributed by atoms with Crippen LogP contribution >= 0.6 is 0 Å². The van der Waals surface area contributed by atoms with Gasteiger partial charge >= 0.3 is 5.97 Å². The number of benzene rings is 2. The molecule has 1 saturated heterocycles. The van der Waals surface area contributed by atoms with Gasteiger partial charge in [-0.1, -0.05) is 6.07 Å². The van der Waals surface area contributed by atoms with Crippen LogP contribution in [0.25, 0.3) is 11.0 Å². The average molecular weight is 408 g/mol. The molecule has 2 heterocycles. The number of hydrogen-bond donors (Lipinski definition) is 0. The quantitative estimate of drug-likeness (QED) is 0.486. The smallest absolute Gasteiger partial charge is 0.337 e. The SMILES string of the molecule is COC(=O)c1cc(/C=N/c2cccc(F)c2C)c2nc(N3CCOCC3)cnc2c1. The van der Waals surface area contributed by atoms with Gasteiger partial charge in [-0.15, -0.1) is 0 Å². The van der Waals surface area contributed by atoms with E-state index in [2.05, 4.69) is 14.9 Å². The molecule has 8 heteroatoms. The monoisotopic (exact) mass is 408 g/mol. The Morgan fingerprint density at radius 2 is 2.10 bits per heavy atom. The molecular formula is C22H21FN4O3. The summed E-state index contributed by atoms with van der Waals surface area (Å²) in [5.74, 6) is -0.0760. The van der Waals surface area contributed by atoms with E-state index < -0.39 is 5.97 Å². The topological polar surface area (TPSA) is 76.9 Å². The Morgan fingerprint density at radius 1 is 1.30 bits per heavy atom. The Kier molecular flexibility index (Phi) is 5.67. The second-order valence-electron chi connectivity index (χ2n) is 6.89. The zero-order chi connectivity index (χ0) is 21.1. The standard InChI is InChI=1S/C22H21FN4O3/c1-14-17(23)4-3-5-18(14)24-12-16-10-15(22(28)29-2)11-19-21(16)26-20(13-25-19)27-6-8-30-9-7-27/h3-5,10-13H,6-9H2,1-2H3/b24-12+. The van der Waals surface area contributed by atoms with E-state index in [1.807, 2.05) is 0 Å². The van der Waals surface area contributed by atoms with Crippen LogP contribution in [0.5, 0.6) is 0 Å². The summed E-state index contributed by atoms with van der Waals surface area (Å²) >= 11 is 0. The molecule has 0 saturated carbocycles. The highest BCUT2D eigenvalue weighted by molar-refractivity contribution is 6.02. The number of halogens is 1. The lowest BCUT2D eigenvalue weighted by molar-refractivity contribution is 0.0601. The number of anilines is 1. The molecule has 0 unspecified atom stereocenters. The summed E-state index contributed by atoms with van der Waals surface area (Å²) in [6, 6.07) is 8.02. The second kappa shape index (κ2) is 8.54. The molecule has 1 aliphatic rings. The van der Waals surface area contributed by atoms with Crippen molar-refractivity contribution in [2.24, 2.45) is 4.99 Å². The Hall–Kier alpha value is -3.39. The lowest BCUT2D eigenvalue weighted by Crippen LogP contribution is -2.36. The van der Waals surface area contributed by atoms with E-state index in [0.29, 0.717) is 46.6 Å². The predicted molar refractivity (Wildman–Crippen MR) is 112 cm³/mol. The maximum atomic E-state index is 13.9. The Balaban J connectivity index is 1.81. The second-order valence-corrected chi connectivity index (χ2v) is 6.89. The van der Waals surface area contributed by atoms with Gasteiger partial charge in [-0.3, -0.25) is 9.98 Å². The minimum Gasteiger partial charge on any atom is -0.465 e. The van der Waals surface area contributed by atoms with Gasteiger partial charge < -0.3 is 14.4 Å². The summed E-state index contributed by atoms with van der Waals surface area (Å²) in [5.41, 5.74) is 3.04. The maximum absolute atomic E-state index is 13.9. The van der Waals surface area contributed by atoms with Crippen molar-refractivity contribution >= 4 is 34.7 Å². The van der Waals surface area contributed by atoms with Gasteiger partial charge in [-0.05, 0) is 31.2 Å². The lowest BCUT2D eigenvalue weighted by Gasteiger charge is -2.27. The van der Waals surface area contributed by atoms with Crippen molar-refractivity contribution in [2.45, 2.75) is 6.92 Å². The molecular weight excluding hydrogens is 387 g/mol. The number of esters is 1. The summed E-state index contributed by atoms with van der Waals surface area (Å²) in [4.78, 5) is 27.9. The fraction of sp³-hybridized carbons (Fsp3) is 0.273. The van der Waals surface area contributed by atoms with Crippen LogP contribution in [0, 0.1) is 12.7 Å². The van der Waals surface area contributed by atoms with E-state index in [1.54, 1.807) is 43.6 Å². The molecule has 0 aliphatic carbocycles. The molecule has 3 aromatic rings. The molecule has 0 radical (unpaired) electrons. The van der Waals surface area contributed by atoms with Crippen molar-refractivity contribution in [2.75, 3.05) is 38.3 Å². The van der Waals surface area contributed by atoms with Crippen LogP contribution in [-0.4, -0.2) is 55.6 Å². The highest BCUT2D eigenvalue weighted by Gasteiger charge is 2.16. The third-order valence-electron chi connectivity index (χ3n) is 5.00. The number of aromatic nitrogens is 2. The van der Waals surface area contributed by atoms with E-state index >= 15 is 0 Å². The molecule has 1 fully saturated rings. The van der Waals surface area contributed by atoms with Gasteiger partial charge in [0.05, 0.1) is 48.8 Å². The van der Waals surface area contributed by atoms with Crippen LogP contribution in [0.3, 0.4) is 0 Å². The molecule has 4 rings (SSSR count). The van der Waals surface area contributed by atoms with Gasteiger partial charge in [0, 0.05) is 30.4 Å². The number of morpholine rings is 1. The molecule has 0 spiro atoms. The van der Waals surface area contributed by atoms with Gasteiger partial charge in [0.25, 0.3) is 0 Å². The Morgan fingerprint density at radius 3 is 2.87 bits per heavy atom. The summed E-state index contributed by atoms with van der Waals surface area (Å²) in [6.45, 7) is 4.39. The van der Waals surface area contributed by atoms with Crippen LogP contribution in [0.15, 0.2) is 41.5 Å². The summed E-state index contributed by atoms with van der Waals surface area (Å²) in [7, 11) is 1.32. The van der Waals surface area contributed by atoms with Crippen LogP contribution in [0.1, 0.15) is 21.5 Å². The van der Waals surface area contributed by atoms with Gasteiger partial charge in [-0.2, -0.15) is 0 Å². The highest BCUT2D eigenvalue weighted by atomic mass is 19.1. The zero-order valence-corrected chi connectivity index (χ0v) is 16.8. The van der Waals surface area contributed by atoms with Crippen molar-refractivity contribution in [3.63, 3.8) is 0 Å². The number of methoxy groups -OCH3 is 1. The molecule has 154 valence electrons. The van der Waals surface area contributed by atoms with Crippen LogP contribution in [0.4, 0.5) is 15.9 Å². The number of ether oxygens (including phenoxy) is 2. The number of rotatable bonds is 4. The average Bonchev–Trinajstić information content (AvgIpc) is 2.79. The molecule has 0 N–H and O–H groups in total. The normalized spacial score (nSPS) is 14.4. The Labute approximate surface area is 173 Å². The third-order valence-corrected chi connectivity index (χ3v) is 5.00. The number of carbonyl (C=O) groups excluding carboxylic acids is 1. The van der Waals surface area contributed by atoms with Crippen molar-refractivity contribution in [1.29, 1.82) is 0 Å². The van der Waals surface area contributed by atoms with E-state index in [4.69, 9.17) is 14.5 Å². The molecule has 2 aromatic carbocycles. The summed E-state index contributed by atoms with van der Waals surface area (Å²) in [5, 5.41) is 0. The molecule has 1 aliphatic heterocycles. The number of aliphatic imine (C=N–C) groups is 1. The first-order valence-corrected chi connectivity index (χ1v) is 9.58. The molecule has 30 heavy (non-hydrogen) atoms. The summed E-state index contributed by atoms with van der Waals surface area (Å²) in [6.07, 6.45) is 3.26. The summed E-state index contributed by atoms with van der Waals surface area (Å²) < 4.78 is 24.1. The van der Waals surface area contributed by atoms with Crippen molar-refractivity contribution in [1.82, 2.24) is 9.97 Å². The predicted octanol–water partition coefficient (Wildman–Crippen LogP) is 3.45. The largest absolute Gasteiger partial charge is 0.465 e. The molecule has 0 atom stereocenters. The number of carbonyl (C=O) groups is 1. The van der Waals surface area contributed by atoms with E-state index in [-0.39, 0.29) is 5.82 Å². The van der Waals surface area contributed by atoms with Crippen LogP contribution in [-0.2, 0) is 9.47 Å². The first kappa shape index (κ1) is 19.9. The zero-order valence-electron chi connectivity index (χ0n) is 16.8. The first-order valence-electron chi connectivity index (χ1n) is 9.58. The highest BCUT2D eigenvalue weighted by Crippen LogP contribution is 2.24. The van der Waals surface area contributed by atoms with Gasteiger partial charge in [0.1, 0.15) is 11.6 Å². The molecule has 0 bridgehead atoms. The lowest BCUT2D eigenvalue weighted by atomic mass is 10.1. The number of fused-ring (bicyclic) bond motifs is 1. The number of hydrogen-bond acceptors (Lipinski definition) is 7. The minimum absolute atomic E-state index is 0.327. The van der Waals surface area contributed by atoms with Crippen LogP contribution < -0.4 is 4.90 Å². The molecule has 0 amide bonds. The van der Waals surface area contributed by atoms with E-state index in [9.17, 15) is 9.18 Å². The molecule has 7 nitrogen and oxygen atoms in total. The van der Waals surface area contributed by atoms with Gasteiger partial charge in [0.15, 0.2) is 0 Å².